The topological polar surface area (TPSA) is 37.3 Å². The van der Waals surface area contributed by atoms with Gasteiger partial charge in [0.05, 0.1) is 5.92 Å². The number of carbonyl (C=O) groups is 1. The van der Waals surface area contributed by atoms with E-state index in [2.05, 4.69) is 13.8 Å². The normalized spacial score (nSPS) is 12.5. The molecule has 0 aromatic heterocycles. The van der Waals surface area contributed by atoms with E-state index < -0.39 is 5.97 Å². The maximum Gasteiger partial charge on any atom is 0.306 e. The van der Waals surface area contributed by atoms with Crippen LogP contribution in [0.3, 0.4) is 0 Å². The molecular weight excluding hydrogens is 272 g/mol. The van der Waals surface area contributed by atoms with Crippen LogP contribution in [0.4, 0.5) is 0 Å². The molecule has 2 nitrogen and oxygen atoms in total. The second kappa shape index (κ2) is 16.8. The molecule has 0 saturated carbocycles. The lowest BCUT2D eigenvalue weighted by Gasteiger charge is -2.12. The maximum absolute atomic E-state index is 11.3. The molecule has 0 rings (SSSR count). The smallest absolute Gasteiger partial charge is 0.306 e. The SMILES string of the molecule is CCCCCCCCCC[C@@H](CCCCCCCC)C(=O)O. The molecule has 0 radical (unpaired) electrons. The van der Waals surface area contributed by atoms with Gasteiger partial charge in [0.15, 0.2) is 0 Å². The summed E-state index contributed by atoms with van der Waals surface area (Å²) in [7, 11) is 0. The van der Waals surface area contributed by atoms with Crippen LogP contribution in [0.25, 0.3) is 0 Å². The third-order valence-electron chi connectivity index (χ3n) is 4.66. The Hall–Kier alpha value is -0.530. The molecule has 0 aliphatic carbocycles. The van der Waals surface area contributed by atoms with Gasteiger partial charge in [-0.15, -0.1) is 0 Å². The van der Waals surface area contributed by atoms with Crippen LogP contribution in [0.5, 0.6) is 0 Å². The molecule has 0 saturated heterocycles. The van der Waals surface area contributed by atoms with Crippen LogP contribution in [-0.4, -0.2) is 11.1 Å². The number of carboxylic acids is 1. The summed E-state index contributed by atoms with van der Waals surface area (Å²) in [6.07, 6.45) is 19.6. The van der Waals surface area contributed by atoms with Crippen LogP contribution >= 0.6 is 0 Å². The highest BCUT2D eigenvalue weighted by molar-refractivity contribution is 5.69. The highest BCUT2D eigenvalue weighted by atomic mass is 16.4. The highest BCUT2D eigenvalue weighted by Crippen LogP contribution is 2.19. The number of aliphatic carboxylic acids is 1. The predicted octanol–water partition coefficient (Wildman–Crippen LogP) is 6.97. The number of rotatable bonds is 17. The van der Waals surface area contributed by atoms with Crippen LogP contribution in [0, 0.1) is 5.92 Å². The van der Waals surface area contributed by atoms with Crippen molar-refractivity contribution in [1.29, 1.82) is 0 Å². The van der Waals surface area contributed by atoms with E-state index in [-0.39, 0.29) is 5.92 Å². The van der Waals surface area contributed by atoms with Crippen molar-refractivity contribution in [2.24, 2.45) is 5.92 Å². The Bertz CT molecular complexity index is 238. The first-order valence-electron chi connectivity index (χ1n) is 9.95. The summed E-state index contributed by atoms with van der Waals surface area (Å²) in [6, 6.07) is 0. The summed E-state index contributed by atoms with van der Waals surface area (Å²) in [5.74, 6) is -0.664. The summed E-state index contributed by atoms with van der Waals surface area (Å²) < 4.78 is 0. The Kier molecular flexibility index (Phi) is 16.4. The molecule has 0 aromatic rings. The van der Waals surface area contributed by atoms with Crippen molar-refractivity contribution in [1.82, 2.24) is 0 Å². The maximum atomic E-state index is 11.3. The zero-order valence-corrected chi connectivity index (χ0v) is 15.2. The molecule has 0 fully saturated rings. The fraction of sp³-hybridized carbons (Fsp3) is 0.950. The van der Waals surface area contributed by atoms with Crippen molar-refractivity contribution in [3.8, 4) is 0 Å². The van der Waals surface area contributed by atoms with E-state index in [1.807, 2.05) is 0 Å². The summed E-state index contributed by atoms with van der Waals surface area (Å²) in [5.41, 5.74) is 0. The minimum atomic E-state index is -0.573. The quantitative estimate of drug-likeness (QED) is 0.294. The van der Waals surface area contributed by atoms with Crippen molar-refractivity contribution < 1.29 is 9.90 Å². The monoisotopic (exact) mass is 312 g/mol. The first-order chi connectivity index (χ1) is 10.7. The standard InChI is InChI=1S/C20H40O2/c1-3-5-7-9-11-12-14-16-18-19(20(21)22)17-15-13-10-8-6-4-2/h19H,3-18H2,1-2H3,(H,21,22)/t19-/m1/s1. The Morgan fingerprint density at radius 3 is 1.27 bits per heavy atom. The van der Waals surface area contributed by atoms with E-state index in [9.17, 15) is 9.90 Å². The predicted molar refractivity (Wildman–Crippen MR) is 96.3 cm³/mol. The summed E-state index contributed by atoms with van der Waals surface area (Å²) in [5, 5.41) is 9.31. The summed E-state index contributed by atoms with van der Waals surface area (Å²) >= 11 is 0. The van der Waals surface area contributed by atoms with Gasteiger partial charge in [-0.2, -0.15) is 0 Å². The van der Waals surface area contributed by atoms with Crippen molar-refractivity contribution in [2.45, 2.75) is 117 Å². The fourth-order valence-corrected chi connectivity index (χ4v) is 3.09. The summed E-state index contributed by atoms with van der Waals surface area (Å²) in [6.45, 7) is 4.47. The molecule has 0 unspecified atom stereocenters. The zero-order chi connectivity index (χ0) is 16.5. The lowest BCUT2D eigenvalue weighted by Crippen LogP contribution is -2.13. The Labute approximate surface area is 139 Å². The molecule has 0 heterocycles. The second-order valence-corrected chi connectivity index (χ2v) is 6.86. The van der Waals surface area contributed by atoms with Crippen molar-refractivity contribution in [3.05, 3.63) is 0 Å². The minimum absolute atomic E-state index is 0.0914. The average Bonchev–Trinajstić information content (AvgIpc) is 2.50. The van der Waals surface area contributed by atoms with Gasteiger partial charge in [0.1, 0.15) is 0 Å². The van der Waals surface area contributed by atoms with Gasteiger partial charge in [-0.1, -0.05) is 104 Å². The Morgan fingerprint density at radius 1 is 0.636 bits per heavy atom. The third kappa shape index (κ3) is 14.4. The molecule has 0 aliphatic rings. The molecule has 132 valence electrons. The summed E-state index contributed by atoms with van der Waals surface area (Å²) in [4.78, 5) is 11.3. The van der Waals surface area contributed by atoms with Gasteiger partial charge >= 0.3 is 5.97 Å². The van der Waals surface area contributed by atoms with Gasteiger partial charge in [-0.25, -0.2) is 0 Å². The molecule has 22 heavy (non-hydrogen) atoms. The molecule has 0 amide bonds. The number of unbranched alkanes of at least 4 members (excludes halogenated alkanes) is 12. The minimum Gasteiger partial charge on any atom is -0.481 e. The van der Waals surface area contributed by atoms with E-state index in [0.717, 1.165) is 25.7 Å². The van der Waals surface area contributed by atoms with Crippen LogP contribution in [0.1, 0.15) is 117 Å². The Morgan fingerprint density at radius 2 is 0.955 bits per heavy atom. The molecule has 0 aromatic carbocycles. The van der Waals surface area contributed by atoms with Crippen LogP contribution in [0.2, 0.25) is 0 Å². The second-order valence-electron chi connectivity index (χ2n) is 6.86. The van der Waals surface area contributed by atoms with Gasteiger partial charge < -0.3 is 5.11 Å². The van der Waals surface area contributed by atoms with E-state index in [4.69, 9.17) is 0 Å². The van der Waals surface area contributed by atoms with Crippen LogP contribution in [-0.2, 0) is 4.79 Å². The van der Waals surface area contributed by atoms with Gasteiger partial charge in [0, 0.05) is 0 Å². The van der Waals surface area contributed by atoms with E-state index in [1.165, 1.54) is 77.0 Å². The largest absolute Gasteiger partial charge is 0.481 e. The first-order valence-corrected chi connectivity index (χ1v) is 9.95. The first kappa shape index (κ1) is 21.5. The Balaban J connectivity index is 3.50. The van der Waals surface area contributed by atoms with Gasteiger partial charge in [0.2, 0.25) is 0 Å². The van der Waals surface area contributed by atoms with Gasteiger partial charge in [-0.05, 0) is 12.8 Å². The van der Waals surface area contributed by atoms with E-state index in [0.29, 0.717) is 0 Å². The number of carboxylic acid groups (broad SMARTS) is 1. The lowest BCUT2D eigenvalue weighted by molar-refractivity contribution is -0.142. The van der Waals surface area contributed by atoms with Crippen molar-refractivity contribution in [3.63, 3.8) is 0 Å². The van der Waals surface area contributed by atoms with Gasteiger partial charge in [0.25, 0.3) is 0 Å². The molecule has 1 N–H and O–H groups in total. The average molecular weight is 313 g/mol. The molecule has 0 spiro atoms. The van der Waals surface area contributed by atoms with Crippen molar-refractivity contribution >= 4 is 5.97 Å². The molecule has 0 aliphatic heterocycles. The third-order valence-corrected chi connectivity index (χ3v) is 4.66. The van der Waals surface area contributed by atoms with Crippen LogP contribution < -0.4 is 0 Å². The number of hydrogen-bond donors (Lipinski definition) is 1. The van der Waals surface area contributed by atoms with E-state index in [1.54, 1.807) is 0 Å². The highest BCUT2D eigenvalue weighted by Gasteiger charge is 2.16. The van der Waals surface area contributed by atoms with Crippen LogP contribution in [0.15, 0.2) is 0 Å². The van der Waals surface area contributed by atoms with Crippen molar-refractivity contribution in [2.75, 3.05) is 0 Å². The molecule has 0 bridgehead atoms. The lowest BCUT2D eigenvalue weighted by atomic mass is 9.94. The van der Waals surface area contributed by atoms with Gasteiger partial charge in [-0.3, -0.25) is 4.79 Å². The number of hydrogen-bond acceptors (Lipinski definition) is 1. The fourth-order valence-electron chi connectivity index (χ4n) is 3.09. The molecular formula is C20H40O2. The molecule has 1 atom stereocenters. The van der Waals surface area contributed by atoms with E-state index >= 15 is 0 Å². The zero-order valence-electron chi connectivity index (χ0n) is 15.2. The molecule has 2 heteroatoms.